The van der Waals surface area contributed by atoms with Gasteiger partial charge in [-0.3, -0.25) is 29.8 Å². The maximum Gasteiger partial charge on any atom is 0.407 e. The third kappa shape index (κ3) is 7.41. The number of esters is 1. The van der Waals surface area contributed by atoms with Crippen molar-refractivity contribution in [1.82, 2.24) is 20.1 Å². The second-order valence-corrected chi connectivity index (χ2v) is 15.0. The smallest absolute Gasteiger partial charge is 0.407 e. The van der Waals surface area contributed by atoms with Crippen LogP contribution >= 0.6 is 11.8 Å². The number of aliphatic hydroxyl groups excluding tert-OH is 1. The Hall–Kier alpha value is -6.02. The zero-order valence-corrected chi connectivity index (χ0v) is 30.2. The quantitative estimate of drug-likeness (QED) is 0.110. The van der Waals surface area contributed by atoms with Crippen LogP contribution in [0.3, 0.4) is 0 Å². The lowest BCUT2D eigenvalue weighted by molar-refractivity contribution is -0.385. The molecule has 0 aliphatic carbocycles. The SMILES string of the molecule is C[C@@H](O)[C@H]1C(=O)N2C(C(=O)OCc3ccc([N+](=O)[O-])cc3)=C(SC3CN(c4nc(C(=O)N5CC(NC(=O)OCc6ccc([N+](=O)[O-])cc6)C5)co4)C3)[C@H](C)[C@H]12. The number of fused-ring (bicyclic) bond motifs is 1. The number of rotatable bonds is 13. The summed E-state index contributed by atoms with van der Waals surface area (Å²) in [7, 11) is 0. The predicted octanol–water partition coefficient (Wildman–Crippen LogP) is 2.98. The number of amides is 3. The van der Waals surface area contributed by atoms with Gasteiger partial charge in [0.25, 0.3) is 23.3 Å². The summed E-state index contributed by atoms with van der Waals surface area (Å²) in [6, 6.07) is 10.8. The molecule has 4 aliphatic heterocycles. The number of nitrogens with one attached hydrogen (secondary N) is 1. The molecule has 3 amide bonds. The van der Waals surface area contributed by atoms with E-state index in [4.69, 9.17) is 13.9 Å². The Morgan fingerprint density at radius 2 is 1.56 bits per heavy atom. The number of thioether (sulfide) groups is 1. The Bertz CT molecular complexity index is 2060. The summed E-state index contributed by atoms with van der Waals surface area (Å²) in [4.78, 5) is 82.4. The number of carbonyl (C=O) groups is 4. The minimum atomic E-state index is -0.907. The number of aromatic nitrogens is 1. The van der Waals surface area contributed by atoms with Crippen molar-refractivity contribution in [2.24, 2.45) is 11.8 Å². The van der Waals surface area contributed by atoms with Crippen molar-refractivity contribution in [3.05, 3.63) is 102 Å². The summed E-state index contributed by atoms with van der Waals surface area (Å²) in [5, 5.41) is 34.8. The summed E-state index contributed by atoms with van der Waals surface area (Å²) in [5.74, 6) is -2.35. The van der Waals surface area contributed by atoms with Crippen LogP contribution in [-0.4, -0.2) is 103 Å². The molecule has 2 N–H and O–H groups in total. The van der Waals surface area contributed by atoms with Gasteiger partial charge < -0.3 is 39.0 Å². The number of alkyl carbamates (subject to hydrolysis) is 1. The number of aliphatic hydroxyl groups is 1. The number of nitro groups is 2. The van der Waals surface area contributed by atoms with Crippen molar-refractivity contribution in [3.8, 4) is 0 Å². The summed E-state index contributed by atoms with van der Waals surface area (Å²) < 4.78 is 16.4. The van der Waals surface area contributed by atoms with Gasteiger partial charge in [-0.05, 0) is 42.3 Å². The Morgan fingerprint density at radius 3 is 2.13 bits per heavy atom. The standard InChI is InChI=1S/C35H35N7O12S/c1-18-28-27(19(2)43)32(45)40(28)29(33(46)52-15-20-3-7-23(8-4-20)41(48)49)30(18)55-25-13-39(14-25)34-37-26(17-53-34)31(44)38-11-22(12-38)36-35(47)54-16-21-5-9-24(10-6-21)42(50)51/h3-10,17-19,22,25,27-28,43H,11-16H2,1-2H3,(H,36,47)/t18-,19-,27-,28-/m1/s1. The molecule has 3 fully saturated rings. The number of non-ortho nitro benzene ring substituents is 2. The number of ether oxygens (including phenoxy) is 2. The number of hydrogen-bond acceptors (Lipinski definition) is 15. The Balaban J connectivity index is 0.906. The van der Waals surface area contributed by atoms with Crippen molar-refractivity contribution < 1.29 is 48.0 Å². The van der Waals surface area contributed by atoms with Gasteiger partial charge in [0.2, 0.25) is 5.91 Å². The Morgan fingerprint density at radius 1 is 0.982 bits per heavy atom. The summed E-state index contributed by atoms with van der Waals surface area (Å²) in [5.41, 5.74) is 1.19. The van der Waals surface area contributed by atoms with Gasteiger partial charge in [0.1, 0.15) is 25.2 Å². The van der Waals surface area contributed by atoms with Gasteiger partial charge in [-0.2, -0.15) is 4.98 Å². The van der Waals surface area contributed by atoms with Crippen LogP contribution in [0.5, 0.6) is 0 Å². The summed E-state index contributed by atoms with van der Waals surface area (Å²) in [6.45, 7) is 4.63. The fraction of sp³-hybridized carbons (Fsp3) is 0.400. The molecule has 3 aromatic rings. The third-order valence-electron chi connectivity index (χ3n) is 9.95. The Kier molecular flexibility index (Phi) is 10.2. The molecule has 20 heteroatoms. The van der Waals surface area contributed by atoms with E-state index in [0.29, 0.717) is 29.1 Å². The first-order valence-corrected chi connectivity index (χ1v) is 18.2. The minimum absolute atomic E-state index is 0.0258. The largest absolute Gasteiger partial charge is 0.456 e. The molecule has 3 saturated heterocycles. The summed E-state index contributed by atoms with van der Waals surface area (Å²) in [6.07, 6.45) is -0.321. The fourth-order valence-electron chi connectivity index (χ4n) is 6.93. The number of anilines is 1. The molecule has 0 unspecified atom stereocenters. The number of benzene rings is 2. The molecule has 4 atom stereocenters. The molecule has 0 spiro atoms. The van der Waals surface area contributed by atoms with Gasteiger partial charge in [-0.25, -0.2) is 9.59 Å². The predicted molar refractivity (Wildman–Crippen MR) is 191 cm³/mol. The monoisotopic (exact) mass is 777 g/mol. The number of nitro benzene ring substituents is 2. The molecule has 19 nitrogen and oxygen atoms in total. The van der Waals surface area contributed by atoms with Crippen molar-refractivity contribution in [1.29, 1.82) is 0 Å². The van der Waals surface area contributed by atoms with E-state index in [-0.39, 0.29) is 84.1 Å². The van der Waals surface area contributed by atoms with E-state index in [1.54, 1.807) is 6.92 Å². The molecule has 0 saturated carbocycles. The number of hydrogen-bond donors (Lipinski definition) is 2. The highest BCUT2D eigenvalue weighted by Gasteiger charge is 2.60. The maximum atomic E-state index is 13.5. The van der Waals surface area contributed by atoms with Crippen LogP contribution < -0.4 is 10.2 Å². The first kappa shape index (κ1) is 37.3. The van der Waals surface area contributed by atoms with E-state index in [9.17, 15) is 44.5 Å². The van der Waals surface area contributed by atoms with Gasteiger partial charge >= 0.3 is 12.1 Å². The van der Waals surface area contributed by atoms with Crippen molar-refractivity contribution in [3.63, 3.8) is 0 Å². The lowest BCUT2D eigenvalue weighted by Crippen LogP contribution is -2.63. The highest BCUT2D eigenvalue weighted by molar-refractivity contribution is 8.03. The number of carbonyl (C=O) groups excluding carboxylic acids is 4. The number of nitrogens with zero attached hydrogens (tertiary/aromatic N) is 6. The van der Waals surface area contributed by atoms with Gasteiger partial charge in [0.15, 0.2) is 5.69 Å². The van der Waals surface area contributed by atoms with Crippen LogP contribution in [0.15, 0.2) is 69.8 Å². The molecule has 288 valence electrons. The third-order valence-corrected chi connectivity index (χ3v) is 11.4. The molecule has 4 aliphatic rings. The zero-order valence-electron chi connectivity index (χ0n) is 29.4. The summed E-state index contributed by atoms with van der Waals surface area (Å²) >= 11 is 1.44. The molecule has 0 bridgehead atoms. The number of oxazole rings is 1. The van der Waals surface area contributed by atoms with E-state index in [1.807, 2.05) is 11.8 Å². The molecule has 5 heterocycles. The maximum absolute atomic E-state index is 13.5. The van der Waals surface area contributed by atoms with Crippen molar-refractivity contribution in [2.45, 2.75) is 50.5 Å². The van der Waals surface area contributed by atoms with Crippen molar-refractivity contribution in [2.75, 3.05) is 31.1 Å². The minimum Gasteiger partial charge on any atom is -0.456 e. The molecule has 1 aromatic heterocycles. The fourth-order valence-corrected chi connectivity index (χ4v) is 8.44. The second kappa shape index (κ2) is 15.0. The molecule has 7 rings (SSSR count). The van der Waals surface area contributed by atoms with E-state index >= 15 is 0 Å². The number of β-lactam (4-membered cyclic amide) rings is 1. The van der Waals surface area contributed by atoms with Crippen LogP contribution in [0.4, 0.5) is 22.2 Å². The van der Waals surface area contributed by atoms with Gasteiger partial charge in [0.05, 0.1) is 34.0 Å². The average molecular weight is 778 g/mol. The van der Waals surface area contributed by atoms with E-state index in [0.717, 1.165) is 0 Å². The van der Waals surface area contributed by atoms with Gasteiger partial charge in [-0.15, -0.1) is 11.8 Å². The lowest BCUT2D eigenvalue weighted by Gasteiger charge is -2.46. The zero-order chi connectivity index (χ0) is 39.1. The molecule has 2 aromatic carbocycles. The highest BCUT2D eigenvalue weighted by atomic mass is 32.2. The molecular formula is C35H35N7O12S. The van der Waals surface area contributed by atoms with Crippen LogP contribution in [0.25, 0.3) is 0 Å². The first-order chi connectivity index (χ1) is 26.3. The van der Waals surface area contributed by atoms with Crippen molar-refractivity contribution >= 4 is 53.0 Å². The Labute approximate surface area is 316 Å². The van der Waals surface area contributed by atoms with Crippen LogP contribution in [0, 0.1) is 32.1 Å². The van der Waals surface area contributed by atoms with Crippen LogP contribution in [0.2, 0.25) is 0 Å². The lowest BCUT2D eigenvalue weighted by atomic mass is 9.79. The molecule has 0 radical (unpaired) electrons. The van der Waals surface area contributed by atoms with Crippen LogP contribution in [-0.2, 0) is 32.3 Å². The second-order valence-electron chi connectivity index (χ2n) is 13.7. The molecular weight excluding hydrogens is 742 g/mol. The highest BCUT2D eigenvalue weighted by Crippen LogP contribution is 2.52. The van der Waals surface area contributed by atoms with Gasteiger partial charge in [-0.1, -0.05) is 6.92 Å². The average Bonchev–Trinajstić information content (AvgIpc) is 3.70. The number of likely N-dealkylation sites (tertiary alicyclic amines) is 1. The van der Waals surface area contributed by atoms with E-state index < -0.39 is 40.0 Å². The van der Waals surface area contributed by atoms with E-state index in [1.165, 1.54) is 76.4 Å². The topological polar surface area (TPSA) is 241 Å². The first-order valence-electron chi connectivity index (χ1n) is 17.3. The molecule has 55 heavy (non-hydrogen) atoms. The van der Waals surface area contributed by atoms with Crippen LogP contribution in [0.1, 0.15) is 35.5 Å². The van der Waals surface area contributed by atoms with Gasteiger partial charge in [0, 0.05) is 66.5 Å². The van der Waals surface area contributed by atoms with E-state index in [2.05, 4.69) is 10.3 Å². The normalized spacial score (nSPS) is 21.3.